The molecule has 0 heterocycles. The molecule has 0 aromatic heterocycles. The average molecular weight is 253 g/mol. The molecule has 3 heteroatoms. The van der Waals surface area contributed by atoms with Gasteiger partial charge in [0, 0.05) is 16.9 Å². The van der Waals surface area contributed by atoms with E-state index in [2.05, 4.69) is 0 Å². The summed E-state index contributed by atoms with van der Waals surface area (Å²) in [4.78, 5) is 1.12. The van der Waals surface area contributed by atoms with Gasteiger partial charge in [-0.1, -0.05) is 19.3 Å². The zero-order valence-corrected chi connectivity index (χ0v) is 11.2. The van der Waals surface area contributed by atoms with Gasteiger partial charge >= 0.3 is 0 Å². The SMILES string of the molecule is CSc1ccc(F)c(C2(CN)CCCCC2)c1. The van der Waals surface area contributed by atoms with Gasteiger partial charge in [0.1, 0.15) is 5.82 Å². The molecular formula is C14H20FNS. The predicted molar refractivity (Wildman–Crippen MR) is 72.0 cm³/mol. The molecule has 1 aliphatic rings. The van der Waals surface area contributed by atoms with Gasteiger partial charge in [-0.2, -0.15) is 0 Å². The normalized spacial score (nSPS) is 19.2. The highest BCUT2D eigenvalue weighted by Gasteiger charge is 2.34. The van der Waals surface area contributed by atoms with Crippen molar-refractivity contribution in [1.29, 1.82) is 0 Å². The van der Waals surface area contributed by atoms with E-state index in [4.69, 9.17) is 5.73 Å². The maximum atomic E-state index is 14.1. The molecule has 1 fully saturated rings. The summed E-state index contributed by atoms with van der Waals surface area (Å²) in [5.41, 5.74) is 6.68. The number of halogens is 1. The molecule has 2 N–H and O–H groups in total. The second-order valence-electron chi connectivity index (χ2n) is 4.89. The second-order valence-corrected chi connectivity index (χ2v) is 5.77. The molecule has 0 bridgehead atoms. The average Bonchev–Trinajstić information content (AvgIpc) is 2.40. The largest absolute Gasteiger partial charge is 0.330 e. The van der Waals surface area contributed by atoms with Gasteiger partial charge in [0.25, 0.3) is 0 Å². The van der Waals surface area contributed by atoms with Gasteiger partial charge in [-0.15, -0.1) is 11.8 Å². The lowest BCUT2D eigenvalue weighted by Crippen LogP contribution is -2.38. The maximum absolute atomic E-state index is 14.1. The standard InChI is InChI=1S/C14H20FNS/c1-17-11-5-6-13(15)12(9-11)14(10-16)7-3-2-4-8-14/h5-6,9H,2-4,7-8,10,16H2,1H3. The van der Waals surface area contributed by atoms with E-state index in [0.717, 1.165) is 23.3 Å². The summed E-state index contributed by atoms with van der Waals surface area (Å²) in [5, 5.41) is 0. The highest BCUT2D eigenvalue weighted by molar-refractivity contribution is 7.98. The Kier molecular flexibility index (Phi) is 4.10. The molecular weight excluding hydrogens is 233 g/mol. The minimum absolute atomic E-state index is 0.0878. The Morgan fingerprint density at radius 1 is 1.29 bits per heavy atom. The number of rotatable bonds is 3. The van der Waals surface area contributed by atoms with Gasteiger partial charge in [-0.3, -0.25) is 0 Å². The molecule has 2 rings (SSSR count). The smallest absolute Gasteiger partial charge is 0.127 e. The van der Waals surface area contributed by atoms with E-state index < -0.39 is 0 Å². The molecule has 0 amide bonds. The van der Waals surface area contributed by atoms with Crippen LogP contribution in [0.25, 0.3) is 0 Å². The molecule has 1 aromatic rings. The van der Waals surface area contributed by atoms with Crippen molar-refractivity contribution in [3.05, 3.63) is 29.6 Å². The molecule has 0 unspecified atom stereocenters. The van der Waals surface area contributed by atoms with Crippen LogP contribution in [0.15, 0.2) is 23.1 Å². The van der Waals surface area contributed by atoms with Crippen LogP contribution in [0.3, 0.4) is 0 Å². The quantitative estimate of drug-likeness (QED) is 0.831. The minimum Gasteiger partial charge on any atom is -0.330 e. The number of thioether (sulfide) groups is 1. The molecule has 0 atom stereocenters. The highest BCUT2D eigenvalue weighted by atomic mass is 32.2. The fourth-order valence-corrected chi connectivity index (χ4v) is 3.29. The van der Waals surface area contributed by atoms with Gasteiger partial charge in [-0.05, 0) is 42.9 Å². The zero-order valence-electron chi connectivity index (χ0n) is 10.3. The second kappa shape index (κ2) is 5.40. The van der Waals surface area contributed by atoms with Gasteiger partial charge in [0.05, 0.1) is 0 Å². The summed E-state index contributed by atoms with van der Waals surface area (Å²) >= 11 is 1.66. The van der Waals surface area contributed by atoms with Crippen LogP contribution in [0.4, 0.5) is 4.39 Å². The molecule has 1 nitrogen and oxygen atoms in total. The Hall–Kier alpha value is -0.540. The van der Waals surface area contributed by atoms with E-state index in [1.807, 2.05) is 18.4 Å². The number of hydrogen-bond donors (Lipinski definition) is 1. The first kappa shape index (κ1) is 12.9. The fourth-order valence-electron chi connectivity index (χ4n) is 2.85. The molecule has 1 aromatic carbocycles. The predicted octanol–water partition coefficient (Wildman–Crippen LogP) is 3.71. The van der Waals surface area contributed by atoms with Crippen molar-refractivity contribution in [2.45, 2.75) is 42.4 Å². The van der Waals surface area contributed by atoms with Crippen LogP contribution in [0.1, 0.15) is 37.7 Å². The van der Waals surface area contributed by atoms with Crippen LogP contribution in [0.2, 0.25) is 0 Å². The Balaban J connectivity index is 2.41. The van der Waals surface area contributed by atoms with Crippen molar-refractivity contribution >= 4 is 11.8 Å². The van der Waals surface area contributed by atoms with Crippen LogP contribution >= 0.6 is 11.8 Å². The number of hydrogen-bond acceptors (Lipinski definition) is 2. The van der Waals surface area contributed by atoms with E-state index in [1.54, 1.807) is 17.8 Å². The van der Waals surface area contributed by atoms with E-state index in [9.17, 15) is 4.39 Å². The van der Waals surface area contributed by atoms with E-state index >= 15 is 0 Å². The zero-order chi connectivity index (χ0) is 12.3. The monoisotopic (exact) mass is 253 g/mol. The summed E-state index contributed by atoms with van der Waals surface area (Å²) in [6, 6.07) is 5.43. The Bertz CT molecular complexity index is 386. The third kappa shape index (κ3) is 2.50. The minimum atomic E-state index is -0.117. The van der Waals surface area contributed by atoms with Gasteiger partial charge in [0.2, 0.25) is 0 Å². The third-order valence-corrected chi connectivity index (χ3v) is 4.67. The van der Waals surface area contributed by atoms with E-state index in [0.29, 0.717) is 6.54 Å². The number of nitrogens with two attached hydrogens (primary N) is 1. The van der Waals surface area contributed by atoms with Crippen LogP contribution in [0, 0.1) is 5.82 Å². The van der Waals surface area contributed by atoms with Crippen LogP contribution in [0.5, 0.6) is 0 Å². The van der Waals surface area contributed by atoms with Gasteiger partial charge < -0.3 is 5.73 Å². The van der Waals surface area contributed by atoms with Crippen molar-refractivity contribution in [2.75, 3.05) is 12.8 Å². The Morgan fingerprint density at radius 3 is 2.59 bits per heavy atom. The van der Waals surface area contributed by atoms with E-state index in [1.165, 1.54) is 19.3 Å². The van der Waals surface area contributed by atoms with Crippen molar-refractivity contribution in [2.24, 2.45) is 5.73 Å². The molecule has 0 spiro atoms. The van der Waals surface area contributed by atoms with Crippen molar-refractivity contribution in [3.63, 3.8) is 0 Å². The molecule has 17 heavy (non-hydrogen) atoms. The van der Waals surface area contributed by atoms with Crippen molar-refractivity contribution in [3.8, 4) is 0 Å². The van der Waals surface area contributed by atoms with Crippen LogP contribution in [-0.2, 0) is 5.41 Å². The van der Waals surface area contributed by atoms with Crippen molar-refractivity contribution in [1.82, 2.24) is 0 Å². The lowest BCUT2D eigenvalue weighted by Gasteiger charge is -2.37. The maximum Gasteiger partial charge on any atom is 0.127 e. The molecule has 0 saturated heterocycles. The Labute approximate surface area is 107 Å². The van der Waals surface area contributed by atoms with Crippen LogP contribution < -0.4 is 5.73 Å². The number of benzene rings is 1. The third-order valence-electron chi connectivity index (χ3n) is 3.95. The summed E-state index contributed by atoms with van der Waals surface area (Å²) in [7, 11) is 0. The first-order chi connectivity index (χ1) is 8.22. The molecule has 1 aliphatic carbocycles. The topological polar surface area (TPSA) is 26.0 Å². The van der Waals surface area contributed by atoms with Crippen LogP contribution in [-0.4, -0.2) is 12.8 Å². The molecule has 1 saturated carbocycles. The summed E-state index contributed by atoms with van der Waals surface area (Å²) in [6.07, 6.45) is 7.66. The van der Waals surface area contributed by atoms with Gasteiger partial charge in [-0.25, -0.2) is 4.39 Å². The fraction of sp³-hybridized carbons (Fsp3) is 0.571. The first-order valence-corrected chi connectivity index (χ1v) is 7.48. The first-order valence-electron chi connectivity index (χ1n) is 6.26. The lowest BCUT2D eigenvalue weighted by molar-refractivity contribution is 0.291. The summed E-state index contributed by atoms with van der Waals surface area (Å²) in [6.45, 7) is 0.557. The molecule has 0 aliphatic heterocycles. The molecule has 94 valence electrons. The molecule has 0 radical (unpaired) electrons. The summed E-state index contributed by atoms with van der Waals surface area (Å²) in [5.74, 6) is -0.0878. The Morgan fingerprint density at radius 2 is 2.00 bits per heavy atom. The van der Waals surface area contributed by atoms with Crippen molar-refractivity contribution < 1.29 is 4.39 Å². The van der Waals surface area contributed by atoms with E-state index in [-0.39, 0.29) is 11.2 Å². The highest BCUT2D eigenvalue weighted by Crippen LogP contribution is 2.40. The lowest BCUT2D eigenvalue weighted by atomic mass is 9.69. The van der Waals surface area contributed by atoms with Gasteiger partial charge in [0.15, 0.2) is 0 Å². The summed E-state index contributed by atoms with van der Waals surface area (Å²) < 4.78 is 14.1.